The summed E-state index contributed by atoms with van der Waals surface area (Å²) < 4.78 is 19.1. The number of methoxy groups -OCH3 is 1. The maximum absolute atomic E-state index is 6.79. The largest absolute Gasteiger partial charge is 0.497 e. The lowest BCUT2D eigenvalue weighted by molar-refractivity contribution is 0.302. The highest BCUT2D eigenvalue weighted by Gasteiger charge is 2.15. The third-order valence-electron chi connectivity index (χ3n) is 6.96. The van der Waals surface area contributed by atoms with Crippen molar-refractivity contribution in [3.8, 4) is 28.7 Å². The molecule has 7 nitrogen and oxygen atoms in total. The van der Waals surface area contributed by atoms with E-state index >= 15 is 0 Å². The van der Waals surface area contributed by atoms with Crippen molar-refractivity contribution in [2.75, 3.05) is 7.11 Å². The van der Waals surface area contributed by atoms with E-state index in [1.165, 1.54) is 0 Å². The molecule has 0 bridgehead atoms. The number of ether oxygens (including phenoxy) is 3. The zero-order chi connectivity index (χ0) is 30.7. The molecule has 1 N–H and O–H groups in total. The Morgan fingerprint density at radius 2 is 1.59 bits per heavy atom. The predicted molar refractivity (Wildman–Crippen MR) is 176 cm³/mol. The normalized spacial score (nSPS) is 11.3. The molecule has 226 valence electrons. The maximum Gasteiger partial charge on any atom is 0.197 e. The zero-order valence-electron chi connectivity index (χ0n) is 25.3. The first-order chi connectivity index (χ1) is 21.6. The average Bonchev–Trinajstić information content (AvgIpc) is 3.55. The molecule has 0 radical (unpaired) electrons. The van der Waals surface area contributed by atoms with Crippen LogP contribution in [-0.2, 0) is 19.6 Å². The molecular weight excluding hydrogens is 572 g/mol. The molecule has 5 rings (SSSR count). The second-order valence-electron chi connectivity index (χ2n) is 10.3. The summed E-state index contributed by atoms with van der Waals surface area (Å²) >= 11 is 6.79. The molecule has 4 aromatic carbocycles. The Balaban J connectivity index is 1.27. The molecular formula is C36H37ClN4O3. The van der Waals surface area contributed by atoms with Crippen LogP contribution >= 0.6 is 11.6 Å². The van der Waals surface area contributed by atoms with Crippen molar-refractivity contribution >= 4 is 17.3 Å². The molecule has 0 atom stereocenters. The highest BCUT2D eigenvalue weighted by atomic mass is 35.5. The monoisotopic (exact) mass is 608 g/mol. The minimum Gasteiger partial charge on any atom is -0.497 e. The van der Waals surface area contributed by atoms with Crippen molar-refractivity contribution in [3.05, 3.63) is 131 Å². The van der Waals surface area contributed by atoms with Crippen LogP contribution in [0.2, 0.25) is 5.02 Å². The third-order valence-corrected chi connectivity index (χ3v) is 7.24. The van der Waals surface area contributed by atoms with Gasteiger partial charge >= 0.3 is 0 Å². The maximum atomic E-state index is 6.79. The van der Waals surface area contributed by atoms with Crippen LogP contribution in [0.25, 0.3) is 11.4 Å². The van der Waals surface area contributed by atoms with Gasteiger partial charge in [0.05, 0.1) is 23.5 Å². The average molecular weight is 609 g/mol. The van der Waals surface area contributed by atoms with Gasteiger partial charge in [0.15, 0.2) is 5.82 Å². The molecule has 0 saturated carbocycles. The minimum atomic E-state index is 0.410. The van der Waals surface area contributed by atoms with Gasteiger partial charge in [0.25, 0.3) is 0 Å². The van der Waals surface area contributed by atoms with E-state index in [4.69, 9.17) is 30.9 Å². The molecule has 1 heterocycles. The number of hydrogen-bond donors (Lipinski definition) is 1. The summed E-state index contributed by atoms with van der Waals surface area (Å²) in [5, 5.41) is 8.85. The summed E-state index contributed by atoms with van der Waals surface area (Å²) in [7, 11) is 1.66. The number of halogens is 1. The van der Waals surface area contributed by atoms with Gasteiger partial charge in [0, 0.05) is 6.54 Å². The van der Waals surface area contributed by atoms with Gasteiger partial charge < -0.3 is 19.5 Å². The highest BCUT2D eigenvalue weighted by Crippen LogP contribution is 2.33. The molecule has 0 fully saturated rings. The lowest BCUT2D eigenvalue weighted by Crippen LogP contribution is -2.13. The Hall–Kier alpha value is -4.75. The molecule has 8 heteroatoms. The third kappa shape index (κ3) is 7.99. The smallest absolute Gasteiger partial charge is 0.197 e. The summed E-state index contributed by atoms with van der Waals surface area (Å²) in [5.74, 6) is 3.73. The molecule has 1 aromatic heterocycles. The van der Waals surface area contributed by atoms with Crippen LogP contribution in [0.4, 0.5) is 0 Å². The van der Waals surface area contributed by atoms with E-state index in [-0.39, 0.29) is 0 Å². The van der Waals surface area contributed by atoms with Crippen molar-refractivity contribution < 1.29 is 14.2 Å². The summed E-state index contributed by atoms with van der Waals surface area (Å²) in [6.45, 7) is 5.26. The number of hydrogen-bond acceptors (Lipinski definition) is 6. The van der Waals surface area contributed by atoms with E-state index in [2.05, 4.69) is 48.4 Å². The van der Waals surface area contributed by atoms with Crippen molar-refractivity contribution in [1.82, 2.24) is 20.1 Å². The zero-order valence-corrected chi connectivity index (χ0v) is 26.1. The molecule has 44 heavy (non-hydrogen) atoms. The molecule has 0 aliphatic rings. The number of allylic oxidation sites excluding steroid dienone is 1. The van der Waals surface area contributed by atoms with Crippen LogP contribution in [0, 0.1) is 0 Å². The lowest BCUT2D eigenvalue weighted by Gasteiger charge is -2.15. The fourth-order valence-corrected chi connectivity index (χ4v) is 5.00. The number of aryl methyl sites for hydroxylation is 1. The van der Waals surface area contributed by atoms with Crippen LogP contribution in [-0.4, -0.2) is 21.9 Å². The van der Waals surface area contributed by atoms with Crippen LogP contribution in [0.1, 0.15) is 49.2 Å². The fraction of sp³-hybridized carbons (Fsp3) is 0.222. The molecule has 0 aliphatic carbocycles. The Bertz CT molecular complexity index is 1670. The first-order valence-electron chi connectivity index (χ1n) is 14.8. The summed E-state index contributed by atoms with van der Waals surface area (Å²) in [6.07, 6.45) is 6.43. The minimum absolute atomic E-state index is 0.410. The van der Waals surface area contributed by atoms with Gasteiger partial charge in [-0.15, -0.1) is 5.10 Å². The van der Waals surface area contributed by atoms with E-state index in [9.17, 15) is 0 Å². The number of para-hydroxylation sites is 1. The second kappa shape index (κ2) is 15.1. The molecule has 0 amide bonds. The van der Waals surface area contributed by atoms with Crippen molar-refractivity contribution in [2.45, 2.75) is 46.3 Å². The first-order valence-corrected chi connectivity index (χ1v) is 15.2. The van der Waals surface area contributed by atoms with Crippen molar-refractivity contribution in [2.24, 2.45) is 0 Å². The van der Waals surface area contributed by atoms with Gasteiger partial charge in [-0.1, -0.05) is 80.4 Å². The van der Waals surface area contributed by atoms with Gasteiger partial charge in [0.2, 0.25) is 0 Å². The molecule has 0 unspecified atom stereocenters. The Morgan fingerprint density at radius 3 is 2.30 bits per heavy atom. The van der Waals surface area contributed by atoms with Crippen LogP contribution in [0.5, 0.6) is 23.0 Å². The molecule has 0 aliphatic heterocycles. The van der Waals surface area contributed by atoms with E-state index in [0.29, 0.717) is 29.7 Å². The van der Waals surface area contributed by atoms with E-state index in [0.717, 1.165) is 64.6 Å². The van der Waals surface area contributed by atoms with Gasteiger partial charge in [-0.2, -0.15) is 0 Å². The Labute approximate surface area is 264 Å². The van der Waals surface area contributed by atoms with Gasteiger partial charge in [-0.05, 0) is 78.1 Å². The summed E-state index contributed by atoms with van der Waals surface area (Å²) in [4.78, 5) is 4.62. The van der Waals surface area contributed by atoms with E-state index in [1.807, 2.05) is 72.8 Å². The second-order valence-corrected chi connectivity index (χ2v) is 10.7. The van der Waals surface area contributed by atoms with Crippen LogP contribution in [0.3, 0.4) is 0 Å². The number of aromatic nitrogens is 3. The van der Waals surface area contributed by atoms with Crippen molar-refractivity contribution in [1.29, 1.82) is 0 Å². The topological polar surface area (TPSA) is 70.4 Å². The highest BCUT2D eigenvalue weighted by molar-refractivity contribution is 6.32. The summed E-state index contributed by atoms with van der Waals surface area (Å²) in [5.41, 5.74) is 4.89. The number of nitrogens with one attached hydrogen (secondary N) is 1. The first kappa shape index (κ1) is 30.7. The SMILES string of the molecule is CC/C=C(/NCc1ccc(Oc2ccccc2)cc1)c1ncn(-c2cc(Cl)c(OCc3ccc(OC)cc3)c(CCC)c2)n1. The number of benzene rings is 4. The predicted octanol–water partition coefficient (Wildman–Crippen LogP) is 8.79. The number of nitrogens with zero attached hydrogens (tertiary/aromatic N) is 3. The standard InChI is InChI=1S/C36H37ClN4O3/c1-4-9-28-21-29(22-33(37)35(28)43-24-27-15-17-30(42-3)18-16-27)41-25-39-36(40-41)34(10-5-2)38-23-26-13-19-32(20-14-26)44-31-11-7-6-8-12-31/h6-8,10-22,25,38H,4-5,9,23-24H2,1-3H3/b34-10+. The van der Waals surface area contributed by atoms with Gasteiger partial charge in [0.1, 0.15) is 35.9 Å². The van der Waals surface area contributed by atoms with Gasteiger partial charge in [-0.25, -0.2) is 9.67 Å². The Morgan fingerprint density at radius 1 is 0.886 bits per heavy atom. The lowest BCUT2D eigenvalue weighted by atomic mass is 10.1. The Kier molecular flexibility index (Phi) is 10.5. The summed E-state index contributed by atoms with van der Waals surface area (Å²) in [6, 6.07) is 29.6. The van der Waals surface area contributed by atoms with Crippen LogP contribution < -0.4 is 19.5 Å². The molecule has 0 saturated heterocycles. The van der Waals surface area contributed by atoms with Crippen molar-refractivity contribution in [3.63, 3.8) is 0 Å². The molecule has 0 spiro atoms. The fourth-order valence-electron chi connectivity index (χ4n) is 4.72. The van der Waals surface area contributed by atoms with E-state index < -0.39 is 0 Å². The quantitative estimate of drug-likeness (QED) is 0.136. The van der Waals surface area contributed by atoms with E-state index in [1.54, 1.807) is 18.1 Å². The van der Waals surface area contributed by atoms with Gasteiger partial charge in [-0.3, -0.25) is 0 Å². The van der Waals surface area contributed by atoms with Crippen LogP contribution in [0.15, 0.2) is 103 Å². The molecule has 5 aromatic rings. The number of rotatable bonds is 14.